The van der Waals surface area contributed by atoms with E-state index in [9.17, 15) is 0 Å². The predicted octanol–water partition coefficient (Wildman–Crippen LogP) is 3.04. The van der Waals surface area contributed by atoms with E-state index in [0.29, 0.717) is 6.10 Å². The van der Waals surface area contributed by atoms with Crippen molar-refractivity contribution in [3.8, 4) is 0 Å². The van der Waals surface area contributed by atoms with E-state index in [1.54, 1.807) is 0 Å². The van der Waals surface area contributed by atoms with Crippen LogP contribution in [0, 0.1) is 0 Å². The van der Waals surface area contributed by atoms with Crippen molar-refractivity contribution in [3.63, 3.8) is 0 Å². The summed E-state index contributed by atoms with van der Waals surface area (Å²) in [6.07, 6.45) is 6.90. The Balaban J connectivity index is 2.52. The number of allylic oxidation sites excluding steroid dienone is 3. The standard InChI is InChI=1S/C10H16O/c1-8(2)11-10-6-4-5-9(3)7-10/h6-8H,4-5H2,1-3H3. The van der Waals surface area contributed by atoms with Crippen LogP contribution < -0.4 is 0 Å². The van der Waals surface area contributed by atoms with Crippen LogP contribution >= 0.6 is 0 Å². The van der Waals surface area contributed by atoms with Crippen LogP contribution in [0.3, 0.4) is 0 Å². The Morgan fingerprint density at radius 3 is 2.73 bits per heavy atom. The molecule has 0 saturated carbocycles. The second-order valence-electron chi connectivity index (χ2n) is 3.30. The molecular formula is C10H16O. The van der Waals surface area contributed by atoms with Gasteiger partial charge in [-0.25, -0.2) is 0 Å². The van der Waals surface area contributed by atoms with Crippen LogP contribution in [0.1, 0.15) is 33.6 Å². The van der Waals surface area contributed by atoms with Crippen LogP contribution in [-0.4, -0.2) is 6.10 Å². The van der Waals surface area contributed by atoms with Crippen molar-refractivity contribution in [2.24, 2.45) is 0 Å². The molecule has 0 atom stereocenters. The van der Waals surface area contributed by atoms with Gasteiger partial charge >= 0.3 is 0 Å². The molecule has 0 bridgehead atoms. The fraction of sp³-hybridized carbons (Fsp3) is 0.600. The lowest BCUT2D eigenvalue weighted by molar-refractivity contribution is 0.156. The lowest BCUT2D eigenvalue weighted by Gasteiger charge is -2.14. The Bertz CT molecular complexity index is 187. The highest BCUT2D eigenvalue weighted by Gasteiger charge is 2.03. The minimum absolute atomic E-state index is 0.295. The summed E-state index contributed by atoms with van der Waals surface area (Å²) in [6, 6.07) is 0. The molecule has 0 aromatic carbocycles. The Kier molecular flexibility index (Phi) is 2.75. The van der Waals surface area contributed by atoms with Gasteiger partial charge in [0.25, 0.3) is 0 Å². The van der Waals surface area contributed by atoms with Gasteiger partial charge in [0, 0.05) is 0 Å². The summed E-state index contributed by atoms with van der Waals surface area (Å²) < 4.78 is 5.55. The van der Waals surface area contributed by atoms with E-state index in [2.05, 4.69) is 32.9 Å². The van der Waals surface area contributed by atoms with Gasteiger partial charge in [-0.15, -0.1) is 0 Å². The van der Waals surface area contributed by atoms with Gasteiger partial charge in [-0.05, 0) is 45.8 Å². The zero-order valence-corrected chi connectivity index (χ0v) is 7.55. The topological polar surface area (TPSA) is 9.23 Å². The molecule has 0 aromatic heterocycles. The molecule has 0 radical (unpaired) electrons. The predicted molar refractivity (Wildman–Crippen MR) is 47.3 cm³/mol. The van der Waals surface area contributed by atoms with Crippen LogP contribution in [0.4, 0.5) is 0 Å². The third-order valence-electron chi connectivity index (χ3n) is 1.64. The van der Waals surface area contributed by atoms with Crippen LogP contribution in [0.25, 0.3) is 0 Å². The Morgan fingerprint density at radius 1 is 1.45 bits per heavy atom. The van der Waals surface area contributed by atoms with Gasteiger partial charge in [0.1, 0.15) is 5.76 Å². The average Bonchev–Trinajstić information content (AvgIpc) is 1.85. The molecule has 0 spiro atoms. The Hall–Kier alpha value is -0.720. The fourth-order valence-corrected chi connectivity index (χ4v) is 1.17. The lowest BCUT2D eigenvalue weighted by Crippen LogP contribution is -2.03. The van der Waals surface area contributed by atoms with Crippen molar-refractivity contribution in [2.75, 3.05) is 0 Å². The van der Waals surface area contributed by atoms with Crippen molar-refractivity contribution < 1.29 is 4.74 Å². The maximum atomic E-state index is 5.55. The average molecular weight is 152 g/mol. The first-order chi connectivity index (χ1) is 5.18. The molecule has 0 aliphatic heterocycles. The summed E-state index contributed by atoms with van der Waals surface area (Å²) >= 11 is 0. The van der Waals surface area contributed by atoms with E-state index in [1.165, 1.54) is 12.0 Å². The third kappa shape index (κ3) is 2.79. The largest absolute Gasteiger partial charge is 0.491 e. The summed E-state index contributed by atoms with van der Waals surface area (Å²) in [5, 5.41) is 0. The Labute approximate surface area is 68.8 Å². The fourth-order valence-electron chi connectivity index (χ4n) is 1.17. The van der Waals surface area contributed by atoms with Gasteiger partial charge in [-0.1, -0.05) is 5.57 Å². The zero-order chi connectivity index (χ0) is 8.27. The SMILES string of the molecule is CC1=CC(OC(C)C)=CCC1. The molecule has 0 heterocycles. The van der Waals surface area contributed by atoms with E-state index < -0.39 is 0 Å². The van der Waals surface area contributed by atoms with E-state index >= 15 is 0 Å². The van der Waals surface area contributed by atoms with Crippen LogP contribution in [0.5, 0.6) is 0 Å². The first-order valence-electron chi connectivity index (χ1n) is 4.22. The normalized spacial score (nSPS) is 17.8. The minimum Gasteiger partial charge on any atom is -0.491 e. The molecular weight excluding hydrogens is 136 g/mol. The van der Waals surface area contributed by atoms with Crippen molar-refractivity contribution in [1.82, 2.24) is 0 Å². The van der Waals surface area contributed by atoms with Gasteiger partial charge in [-0.3, -0.25) is 0 Å². The first kappa shape index (κ1) is 8.38. The molecule has 0 saturated heterocycles. The highest BCUT2D eigenvalue weighted by atomic mass is 16.5. The Morgan fingerprint density at radius 2 is 2.18 bits per heavy atom. The highest BCUT2D eigenvalue weighted by Crippen LogP contribution is 2.18. The molecule has 62 valence electrons. The molecule has 1 heteroatoms. The van der Waals surface area contributed by atoms with Crippen molar-refractivity contribution in [3.05, 3.63) is 23.5 Å². The van der Waals surface area contributed by atoms with E-state index in [-0.39, 0.29) is 0 Å². The van der Waals surface area contributed by atoms with Crippen LogP contribution in [0.2, 0.25) is 0 Å². The second kappa shape index (κ2) is 3.61. The lowest BCUT2D eigenvalue weighted by atomic mass is 10.1. The van der Waals surface area contributed by atoms with Gasteiger partial charge in [0.15, 0.2) is 0 Å². The van der Waals surface area contributed by atoms with Gasteiger partial charge in [0.05, 0.1) is 6.10 Å². The monoisotopic (exact) mass is 152 g/mol. The van der Waals surface area contributed by atoms with Gasteiger partial charge < -0.3 is 4.74 Å². The summed E-state index contributed by atoms with van der Waals surface area (Å²) in [6.45, 7) is 6.26. The summed E-state index contributed by atoms with van der Waals surface area (Å²) in [5.74, 6) is 1.05. The van der Waals surface area contributed by atoms with E-state index in [0.717, 1.165) is 12.2 Å². The molecule has 0 amide bonds. The maximum Gasteiger partial charge on any atom is 0.115 e. The number of hydrogen-bond donors (Lipinski definition) is 0. The summed E-state index contributed by atoms with van der Waals surface area (Å²) in [5.41, 5.74) is 1.42. The first-order valence-corrected chi connectivity index (χ1v) is 4.22. The molecule has 1 nitrogen and oxygen atoms in total. The van der Waals surface area contributed by atoms with E-state index in [1.807, 2.05) is 0 Å². The van der Waals surface area contributed by atoms with E-state index in [4.69, 9.17) is 4.74 Å². The number of rotatable bonds is 2. The van der Waals surface area contributed by atoms with Crippen molar-refractivity contribution in [2.45, 2.75) is 39.7 Å². The van der Waals surface area contributed by atoms with Crippen molar-refractivity contribution in [1.29, 1.82) is 0 Å². The number of ether oxygens (including phenoxy) is 1. The summed E-state index contributed by atoms with van der Waals surface area (Å²) in [4.78, 5) is 0. The maximum absolute atomic E-state index is 5.55. The van der Waals surface area contributed by atoms with Gasteiger partial charge in [-0.2, -0.15) is 0 Å². The highest BCUT2D eigenvalue weighted by molar-refractivity contribution is 5.22. The molecule has 1 aliphatic rings. The molecule has 0 unspecified atom stereocenters. The molecule has 1 rings (SSSR count). The molecule has 0 N–H and O–H groups in total. The quantitative estimate of drug-likeness (QED) is 0.591. The molecule has 11 heavy (non-hydrogen) atoms. The number of hydrogen-bond acceptors (Lipinski definition) is 1. The summed E-state index contributed by atoms with van der Waals surface area (Å²) in [7, 11) is 0. The second-order valence-corrected chi connectivity index (χ2v) is 3.30. The molecule has 1 aliphatic carbocycles. The zero-order valence-electron chi connectivity index (χ0n) is 7.55. The van der Waals surface area contributed by atoms with Crippen molar-refractivity contribution >= 4 is 0 Å². The third-order valence-corrected chi connectivity index (χ3v) is 1.64. The molecule has 0 aromatic rings. The van der Waals surface area contributed by atoms with Crippen LogP contribution in [0.15, 0.2) is 23.5 Å². The minimum atomic E-state index is 0.295. The van der Waals surface area contributed by atoms with Gasteiger partial charge in [0.2, 0.25) is 0 Å². The van der Waals surface area contributed by atoms with Crippen LogP contribution in [-0.2, 0) is 4.74 Å². The molecule has 0 fully saturated rings. The smallest absolute Gasteiger partial charge is 0.115 e.